The Morgan fingerprint density at radius 1 is 1.10 bits per heavy atom. The molecule has 106 valence electrons. The van der Waals surface area contributed by atoms with Gasteiger partial charge in [0.25, 0.3) is 0 Å². The lowest BCUT2D eigenvalue weighted by atomic mass is 10.1. The van der Waals surface area contributed by atoms with E-state index in [0.717, 1.165) is 21.4 Å². The van der Waals surface area contributed by atoms with Gasteiger partial charge in [-0.1, -0.05) is 12.1 Å². The highest BCUT2D eigenvalue weighted by atomic mass is 32.2. The minimum absolute atomic E-state index is 0.249. The summed E-state index contributed by atoms with van der Waals surface area (Å²) in [6.45, 7) is 1.96. The maximum Gasteiger partial charge on any atom is 0.336 e. The molecule has 0 radical (unpaired) electrons. The summed E-state index contributed by atoms with van der Waals surface area (Å²) in [4.78, 5) is 12.6. The monoisotopic (exact) mass is 300 g/mol. The van der Waals surface area contributed by atoms with E-state index >= 15 is 0 Å². The van der Waals surface area contributed by atoms with Gasteiger partial charge >= 0.3 is 5.63 Å². The van der Waals surface area contributed by atoms with Crippen LogP contribution in [0.4, 0.5) is 4.39 Å². The van der Waals surface area contributed by atoms with Crippen LogP contribution in [0.1, 0.15) is 11.1 Å². The molecule has 1 heterocycles. The van der Waals surface area contributed by atoms with Gasteiger partial charge in [-0.15, -0.1) is 11.8 Å². The zero-order valence-electron chi connectivity index (χ0n) is 11.4. The molecule has 0 aliphatic carbocycles. The zero-order chi connectivity index (χ0) is 14.8. The summed E-state index contributed by atoms with van der Waals surface area (Å²) >= 11 is 1.56. The number of aryl methyl sites for hydroxylation is 1. The van der Waals surface area contributed by atoms with Crippen LogP contribution in [-0.2, 0) is 5.75 Å². The van der Waals surface area contributed by atoms with Crippen molar-refractivity contribution in [3.8, 4) is 0 Å². The van der Waals surface area contributed by atoms with E-state index in [1.54, 1.807) is 23.9 Å². The number of hydrogen-bond acceptors (Lipinski definition) is 3. The average Bonchev–Trinajstić information content (AvgIpc) is 2.45. The molecule has 2 aromatic carbocycles. The quantitative estimate of drug-likeness (QED) is 0.526. The molecule has 4 heteroatoms. The number of fused-ring (bicyclic) bond motifs is 1. The molecule has 0 unspecified atom stereocenters. The molecule has 1 aromatic heterocycles. The smallest absolute Gasteiger partial charge is 0.336 e. The van der Waals surface area contributed by atoms with Crippen LogP contribution in [0, 0.1) is 12.7 Å². The Labute approximate surface area is 125 Å². The summed E-state index contributed by atoms with van der Waals surface area (Å²) in [5.41, 5.74) is 2.24. The predicted octanol–water partition coefficient (Wildman–Crippen LogP) is 4.53. The van der Waals surface area contributed by atoms with E-state index in [0.29, 0.717) is 11.3 Å². The highest BCUT2D eigenvalue weighted by Gasteiger charge is 2.06. The van der Waals surface area contributed by atoms with Crippen molar-refractivity contribution in [2.24, 2.45) is 0 Å². The third kappa shape index (κ3) is 3.16. The maximum absolute atomic E-state index is 12.9. The Balaban J connectivity index is 1.93. The first-order chi connectivity index (χ1) is 10.1. The van der Waals surface area contributed by atoms with Crippen molar-refractivity contribution < 1.29 is 8.81 Å². The highest BCUT2D eigenvalue weighted by Crippen LogP contribution is 2.27. The first-order valence-corrected chi connectivity index (χ1v) is 7.52. The molecule has 0 N–H and O–H groups in total. The summed E-state index contributed by atoms with van der Waals surface area (Å²) in [6, 6.07) is 13.7. The van der Waals surface area contributed by atoms with Crippen molar-refractivity contribution in [1.82, 2.24) is 0 Å². The lowest BCUT2D eigenvalue weighted by Crippen LogP contribution is -2.00. The van der Waals surface area contributed by atoms with Crippen LogP contribution in [0.3, 0.4) is 0 Å². The molecular weight excluding hydrogens is 287 g/mol. The molecule has 0 spiro atoms. The topological polar surface area (TPSA) is 30.2 Å². The number of rotatable bonds is 3. The van der Waals surface area contributed by atoms with E-state index in [2.05, 4.69) is 0 Å². The van der Waals surface area contributed by atoms with Crippen LogP contribution in [0.2, 0.25) is 0 Å². The van der Waals surface area contributed by atoms with E-state index in [9.17, 15) is 9.18 Å². The Kier molecular flexibility index (Phi) is 3.80. The van der Waals surface area contributed by atoms with Crippen LogP contribution in [-0.4, -0.2) is 0 Å². The summed E-state index contributed by atoms with van der Waals surface area (Å²) in [5, 5.41) is 0.940. The normalized spacial score (nSPS) is 11.0. The minimum Gasteiger partial charge on any atom is -0.423 e. The summed E-state index contributed by atoms with van der Waals surface area (Å²) < 4.78 is 18.1. The molecular formula is C17H13FO2S. The molecule has 0 aliphatic rings. The number of thioether (sulfide) groups is 1. The van der Waals surface area contributed by atoms with Gasteiger partial charge in [-0.3, -0.25) is 0 Å². The second kappa shape index (κ2) is 5.74. The van der Waals surface area contributed by atoms with Crippen molar-refractivity contribution in [3.05, 3.63) is 75.9 Å². The second-order valence-corrected chi connectivity index (χ2v) is 5.88. The van der Waals surface area contributed by atoms with Crippen molar-refractivity contribution in [2.45, 2.75) is 17.6 Å². The Hall–Kier alpha value is -2.07. The van der Waals surface area contributed by atoms with Gasteiger partial charge in [0.15, 0.2) is 0 Å². The van der Waals surface area contributed by atoms with E-state index in [4.69, 9.17) is 4.42 Å². The van der Waals surface area contributed by atoms with Gasteiger partial charge < -0.3 is 4.42 Å². The molecule has 21 heavy (non-hydrogen) atoms. The molecule has 3 rings (SSSR count). The van der Waals surface area contributed by atoms with Crippen LogP contribution < -0.4 is 5.63 Å². The van der Waals surface area contributed by atoms with E-state index < -0.39 is 0 Å². The van der Waals surface area contributed by atoms with E-state index in [-0.39, 0.29) is 11.4 Å². The van der Waals surface area contributed by atoms with Crippen molar-refractivity contribution >= 4 is 22.7 Å². The number of hydrogen-bond donors (Lipinski definition) is 0. The second-order valence-electron chi connectivity index (χ2n) is 4.83. The Morgan fingerprint density at radius 3 is 2.62 bits per heavy atom. The fourth-order valence-electron chi connectivity index (χ4n) is 2.15. The van der Waals surface area contributed by atoms with E-state index in [1.165, 1.54) is 18.2 Å². The van der Waals surface area contributed by atoms with Crippen molar-refractivity contribution in [3.63, 3.8) is 0 Å². The number of benzene rings is 2. The molecule has 0 fully saturated rings. The molecule has 0 amide bonds. The molecule has 0 aliphatic heterocycles. The molecule has 3 aromatic rings. The SMILES string of the molecule is Cc1ccc2c(CSc3ccc(F)cc3)cc(=O)oc2c1. The molecule has 0 bridgehead atoms. The highest BCUT2D eigenvalue weighted by molar-refractivity contribution is 7.98. The lowest BCUT2D eigenvalue weighted by Gasteiger charge is -2.06. The van der Waals surface area contributed by atoms with Gasteiger partial charge in [-0.05, 0) is 48.4 Å². The third-order valence-corrected chi connectivity index (χ3v) is 4.25. The molecule has 0 atom stereocenters. The third-order valence-electron chi connectivity index (χ3n) is 3.19. The fourth-order valence-corrected chi connectivity index (χ4v) is 3.04. The predicted molar refractivity (Wildman–Crippen MR) is 83.2 cm³/mol. The summed E-state index contributed by atoms with van der Waals surface area (Å²) in [5.74, 6) is 0.386. The first kappa shape index (κ1) is 13.9. The Morgan fingerprint density at radius 2 is 1.86 bits per heavy atom. The minimum atomic E-state index is -0.345. The van der Waals surface area contributed by atoms with Crippen LogP contribution in [0.5, 0.6) is 0 Å². The van der Waals surface area contributed by atoms with Gasteiger partial charge in [0.1, 0.15) is 11.4 Å². The van der Waals surface area contributed by atoms with Gasteiger partial charge in [0.2, 0.25) is 0 Å². The average molecular weight is 300 g/mol. The van der Waals surface area contributed by atoms with Gasteiger partial charge in [0, 0.05) is 22.1 Å². The van der Waals surface area contributed by atoms with Crippen molar-refractivity contribution in [2.75, 3.05) is 0 Å². The number of halogens is 1. The van der Waals surface area contributed by atoms with Gasteiger partial charge in [-0.2, -0.15) is 0 Å². The van der Waals surface area contributed by atoms with E-state index in [1.807, 2.05) is 25.1 Å². The first-order valence-electron chi connectivity index (χ1n) is 6.53. The molecule has 0 saturated heterocycles. The zero-order valence-corrected chi connectivity index (χ0v) is 12.2. The summed E-state index contributed by atoms with van der Waals surface area (Å²) in [6.07, 6.45) is 0. The maximum atomic E-state index is 12.9. The fraction of sp³-hybridized carbons (Fsp3) is 0.118. The standard InChI is InChI=1S/C17H13FO2S/c1-11-2-7-15-12(9-17(19)20-16(15)8-11)10-21-14-5-3-13(18)4-6-14/h2-9H,10H2,1H3. The van der Waals surface area contributed by atoms with Gasteiger partial charge in [0.05, 0.1) is 0 Å². The largest absolute Gasteiger partial charge is 0.423 e. The van der Waals surface area contributed by atoms with Crippen LogP contribution in [0.25, 0.3) is 11.0 Å². The van der Waals surface area contributed by atoms with Crippen LogP contribution in [0.15, 0.2) is 62.6 Å². The van der Waals surface area contributed by atoms with Gasteiger partial charge in [-0.25, -0.2) is 9.18 Å². The Bertz CT molecular complexity index is 838. The lowest BCUT2D eigenvalue weighted by molar-refractivity contribution is 0.559. The molecule has 0 saturated carbocycles. The van der Waals surface area contributed by atoms with Crippen molar-refractivity contribution in [1.29, 1.82) is 0 Å². The summed E-state index contributed by atoms with van der Waals surface area (Å²) in [7, 11) is 0. The van der Waals surface area contributed by atoms with Crippen LogP contribution >= 0.6 is 11.8 Å². The molecule has 2 nitrogen and oxygen atoms in total.